The molecule has 0 radical (unpaired) electrons. The summed E-state index contributed by atoms with van der Waals surface area (Å²) in [6.45, 7) is 1.91. The molecule has 0 spiro atoms. The van der Waals surface area contributed by atoms with Gasteiger partial charge in [-0.2, -0.15) is 9.50 Å². The minimum atomic E-state index is 0.446. The molecule has 106 valence electrons. The van der Waals surface area contributed by atoms with Gasteiger partial charge in [-0.1, -0.05) is 0 Å². The van der Waals surface area contributed by atoms with Crippen LogP contribution in [0, 0.1) is 6.92 Å². The molecular weight excluding hydrogens is 280 g/mol. The summed E-state index contributed by atoms with van der Waals surface area (Å²) >= 11 is 0. The smallest absolute Gasteiger partial charge is 0.265 e. The first-order chi connectivity index (χ1) is 10.8. The van der Waals surface area contributed by atoms with E-state index in [4.69, 9.17) is 0 Å². The predicted molar refractivity (Wildman–Crippen MR) is 77.6 cm³/mol. The third kappa shape index (κ3) is 1.97. The molecule has 0 atom stereocenters. The third-order valence-corrected chi connectivity index (χ3v) is 3.25. The van der Waals surface area contributed by atoms with E-state index < -0.39 is 0 Å². The molecule has 0 aromatic carbocycles. The molecule has 0 unspecified atom stereocenters. The molecule has 0 bridgehead atoms. The van der Waals surface area contributed by atoms with E-state index in [1.165, 1.54) is 6.33 Å². The first-order valence-corrected chi connectivity index (χ1v) is 6.60. The molecule has 0 saturated carbocycles. The Hall–Kier alpha value is -3.29. The van der Waals surface area contributed by atoms with Gasteiger partial charge in [0.05, 0.1) is 11.4 Å². The molecule has 4 rings (SSSR count). The summed E-state index contributed by atoms with van der Waals surface area (Å²) < 4.78 is 1.67. The molecule has 0 saturated heterocycles. The second kappa shape index (κ2) is 4.92. The van der Waals surface area contributed by atoms with Gasteiger partial charge in [0.15, 0.2) is 5.82 Å². The quantitative estimate of drug-likeness (QED) is 0.550. The van der Waals surface area contributed by atoms with Crippen molar-refractivity contribution in [3.63, 3.8) is 0 Å². The van der Waals surface area contributed by atoms with Crippen LogP contribution in [0.5, 0.6) is 0 Å². The van der Waals surface area contributed by atoms with Crippen molar-refractivity contribution in [1.29, 1.82) is 0 Å². The van der Waals surface area contributed by atoms with E-state index in [2.05, 4.69) is 35.2 Å². The molecule has 4 aromatic rings. The number of hydrogen-bond acceptors (Lipinski definition) is 7. The topological polar surface area (TPSA) is 94.6 Å². The van der Waals surface area contributed by atoms with Crippen LogP contribution in [0.4, 0.5) is 0 Å². The Bertz CT molecular complexity index is 933. The van der Waals surface area contributed by atoms with Crippen molar-refractivity contribution in [2.45, 2.75) is 6.92 Å². The van der Waals surface area contributed by atoms with Crippen LogP contribution in [-0.2, 0) is 0 Å². The standard InChI is InChI=1S/C14H10N8/c1-9-12(11-4-7-16-8-17-11)19-20-14-18-13(21-22(9)14)10-2-5-15-6-3-10/h2-8H,1H3. The van der Waals surface area contributed by atoms with Crippen LogP contribution in [-0.4, -0.2) is 39.7 Å². The van der Waals surface area contributed by atoms with Gasteiger partial charge in [0.25, 0.3) is 5.78 Å². The fourth-order valence-electron chi connectivity index (χ4n) is 2.15. The van der Waals surface area contributed by atoms with Gasteiger partial charge in [-0.25, -0.2) is 9.97 Å². The average molecular weight is 290 g/mol. The number of pyridine rings is 1. The lowest BCUT2D eigenvalue weighted by molar-refractivity contribution is 0.851. The summed E-state index contributed by atoms with van der Waals surface area (Å²) in [5.74, 6) is 1.03. The van der Waals surface area contributed by atoms with Gasteiger partial charge < -0.3 is 0 Å². The SMILES string of the molecule is Cc1c(-c2ccncn2)nnc2nc(-c3ccncc3)nn12. The van der Waals surface area contributed by atoms with Gasteiger partial charge >= 0.3 is 0 Å². The second-order valence-electron chi connectivity index (χ2n) is 4.61. The van der Waals surface area contributed by atoms with Crippen molar-refractivity contribution in [3.05, 3.63) is 48.8 Å². The molecule has 4 heterocycles. The maximum absolute atomic E-state index is 4.50. The molecule has 0 amide bonds. The molecule has 0 aliphatic heterocycles. The number of rotatable bonds is 2. The van der Waals surface area contributed by atoms with Gasteiger partial charge in [-0.15, -0.1) is 15.3 Å². The van der Waals surface area contributed by atoms with Gasteiger partial charge in [0.1, 0.15) is 12.0 Å². The van der Waals surface area contributed by atoms with Gasteiger partial charge in [0, 0.05) is 24.2 Å². The lowest BCUT2D eigenvalue weighted by atomic mass is 10.2. The van der Waals surface area contributed by atoms with E-state index in [0.29, 0.717) is 23.0 Å². The largest absolute Gasteiger partial charge is 0.272 e. The Morgan fingerprint density at radius 1 is 0.955 bits per heavy atom. The monoisotopic (exact) mass is 290 g/mol. The highest BCUT2D eigenvalue weighted by Crippen LogP contribution is 2.19. The second-order valence-corrected chi connectivity index (χ2v) is 4.61. The fourth-order valence-corrected chi connectivity index (χ4v) is 2.15. The van der Waals surface area contributed by atoms with Crippen molar-refractivity contribution in [2.24, 2.45) is 0 Å². The van der Waals surface area contributed by atoms with Crippen LogP contribution in [0.25, 0.3) is 28.6 Å². The summed E-state index contributed by atoms with van der Waals surface area (Å²) in [5, 5.41) is 12.8. The molecule has 0 aliphatic rings. The minimum Gasteiger partial charge on any atom is -0.265 e. The Morgan fingerprint density at radius 2 is 1.77 bits per heavy atom. The third-order valence-electron chi connectivity index (χ3n) is 3.25. The Morgan fingerprint density at radius 3 is 2.55 bits per heavy atom. The minimum absolute atomic E-state index is 0.446. The van der Waals surface area contributed by atoms with E-state index in [0.717, 1.165) is 11.3 Å². The van der Waals surface area contributed by atoms with E-state index in [9.17, 15) is 0 Å². The molecule has 0 aliphatic carbocycles. The highest BCUT2D eigenvalue weighted by molar-refractivity contribution is 5.59. The summed E-state index contributed by atoms with van der Waals surface area (Å²) in [4.78, 5) is 16.5. The van der Waals surface area contributed by atoms with Gasteiger partial charge in [-0.3, -0.25) is 4.98 Å². The number of nitrogens with zero attached hydrogens (tertiary/aromatic N) is 8. The predicted octanol–water partition coefficient (Wildman–Crippen LogP) is 1.35. The van der Waals surface area contributed by atoms with Crippen LogP contribution < -0.4 is 0 Å². The number of aromatic nitrogens is 8. The van der Waals surface area contributed by atoms with Crippen molar-refractivity contribution in [3.8, 4) is 22.8 Å². The van der Waals surface area contributed by atoms with Crippen molar-refractivity contribution in [2.75, 3.05) is 0 Å². The molecule has 0 N–H and O–H groups in total. The maximum atomic E-state index is 4.50. The maximum Gasteiger partial charge on any atom is 0.272 e. The lowest BCUT2D eigenvalue weighted by Crippen LogP contribution is -2.03. The highest BCUT2D eigenvalue weighted by atomic mass is 15.4. The fraction of sp³-hybridized carbons (Fsp3) is 0.0714. The zero-order valence-electron chi connectivity index (χ0n) is 11.6. The zero-order chi connectivity index (χ0) is 14.9. The van der Waals surface area contributed by atoms with Crippen LogP contribution in [0.1, 0.15) is 5.69 Å². The number of hydrogen-bond donors (Lipinski definition) is 0. The number of fused-ring (bicyclic) bond motifs is 1. The summed E-state index contributed by atoms with van der Waals surface area (Å²) in [5.41, 5.74) is 3.05. The molecule has 8 nitrogen and oxygen atoms in total. The zero-order valence-corrected chi connectivity index (χ0v) is 11.6. The highest BCUT2D eigenvalue weighted by Gasteiger charge is 2.14. The van der Waals surface area contributed by atoms with E-state index in [-0.39, 0.29) is 0 Å². The van der Waals surface area contributed by atoms with Crippen molar-refractivity contribution in [1.82, 2.24) is 39.7 Å². The Labute approximate surface area is 125 Å². The lowest BCUT2D eigenvalue weighted by Gasteiger charge is -2.03. The summed E-state index contributed by atoms with van der Waals surface area (Å²) in [6.07, 6.45) is 6.54. The molecule has 0 fully saturated rings. The van der Waals surface area contributed by atoms with Crippen LogP contribution >= 0.6 is 0 Å². The molecule has 8 heteroatoms. The van der Waals surface area contributed by atoms with E-state index >= 15 is 0 Å². The molecule has 22 heavy (non-hydrogen) atoms. The summed E-state index contributed by atoms with van der Waals surface area (Å²) in [7, 11) is 0. The van der Waals surface area contributed by atoms with Crippen LogP contribution in [0.3, 0.4) is 0 Å². The molecule has 4 aromatic heterocycles. The molecular formula is C14H10N8. The normalized spacial score (nSPS) is 11.0. The van der Waals surface area contributed by atoms with Gasteiger partial charge in [-0.05, 0) is 25.1 Å². The van der Waals surface area contributed by atoms with Gasteiger partial charge in [0.2, 0.25) is 0 Å². The van der Waals surface area contributed by atoms with E-state index in [1.807, 2.05) is 19.1 Å². The van der Waals surface area contributed by atoms with Crippen LogP contribution in [0.15, 0.2) is 43.1 Å². The van der Waals surface area contributed by atoms with E-state index in [1.54, 1.807) is 29.2 Å². The summed E-state index contributed by atoms with van der Waals surface area (Å²) in [6, 6.07) is 5.48. The van der Waals surface area contributed by atoms with Crippen molar-refractivity contribution >= 4 is 5.78 Å². The average Bonchev–Trinajstić information content (AvgIpc) is 3.02. The van der Waals surface area contributed by atoms with Crippen LogP contribution in [0.2, 0.25) is 0 Å². The number of aryl methyl sites for hydroxylation is 1. The first kappa shape index (κ1) is 12.5. The first-order valence-electron chi connectivity index (χ1n) is 6.60. The Balaban J connectivity index is 1.89. The Kier molecular flexibility index (Phi) is 2.78. The van der Waals surface area contributed by atoms with Crippen molar-refractivity contribution < 1.29 is 0 Å².